The molecule has 0 saturated carbocycles. The summed E-state index contributed by atoms with van der Waals surface area (Å²) in [5, 5.41) is 2.95. The van der Waals surface area contributed by atoms with Gasteiger partial charge in [-0.1, -0.05) is 43.7 Å². The van der Waals surface area contributed by atoms with Gasteiger partial charge in [-0.2, -0.15) is 0 Å². The van der Waals surface area contributed by atoms with Gasteiger partial charge in [0.1, 0.15) is 12.3 Å². The molecular formula is C13H17NO2. The molecule has 0 aromatic heterocycles. The van der Waals surface area contributed by atoms with Crippen molar-refractivity contribution < 1.29 is 9.59 Å². The molecule has 86 valence electrons. The lowest BCUT2D eigenvalue weighted by molar-refractivity contribution is -0.108. The molecule has 1 N–H and O–H groups in total. The first-order chi connectivity index (χ1) is 7.79. The first kappa shape index (κ1) is 12.6. The maximum Gasteiger partial charge on any atom is 0.187 e. The summed E-state index contributed by atoms with van der Waals surface area (Å²) in [6, 6.07) is 8.16. The van der Waals surface area contributed by atoms with Gasteiger partial charge in [-0.05, 0) is 13.0 Å². The van der Waals surface area contributed by atoms with Gasteiger partial charge in [0, 0.05) is 5.56 Å². The van der Waals surface area contributed by atoms with E-state index in [4.69, 9.17) is 0 Å². The molecule has 1 aromatic carbocycles. The molecule has 0 amide bonds. The summed E-state index contributed by atoms with van der Waals surface area (Å²) in [6.45, 7) is 2.76. The molecule has 0 spiro atoms. The maximum atomic E-state index is 11.9. The Morgan fingerprint density at radius 1 is 1.38 bits per heavy atom. The van der Waals surface area contributed by atoms with Crippen LogP contribution >= 0.6 is 0 Å². The van der Waals surface area contributed by atoms with E-state index in [1.54, 1.807) is 24.3 Å². The highest BCUT2D eigenvalue weighted by Crippen LogP contribution is 2.02. The molecule has 0 bridgehead atoms. The van der Waals surface area contributed by atoms with Crippen LogP contribution in [0.4, 0.5) is 0 Å². The van der Waals surface area contributed by atoms with Gasteiger partial charge in [-0.15, -0.1) is 0 Å². The average Bonchev–Trinajstić information content (AvgIpc) is 2.35. The molecule has 0 aliphatic rings. The van der Waals surface area contributed by atoms with Crippen molar-refractivity contribution in [2.45, 2.75) is 25.8 Å². The third-order valence-corrected chi connectivity index (χ3v) is 2.37. The molecule has 0 aliphatic carbocycles. The SMILES string of the molecule is CCCCNC(C=O)C(=O)c1ccccc1. The predicted octanol–water partition coefficient (Wildman–Crippen LogP) is 1.83. The van der Waals surface area contributed by atoms with Crippen molar-refractivity contribution in [3.63, 3.8) is 0 Å². The molecule has 16 heavy (non-hydrogen) atoms. The second kappa shape index (κ2) is 6.90. The van der Waals surface area contributed by atoms with Crippen molar-refractivity contribution in [3.05, 3.63) is 35.9 Å². The fraction of sp³-hybridized carbons (Fsp3) is 0.385. The second-order valence-electron chi connectivity index (χ2n) is 3.65. The fourth-order valence-electron chi connectivity index (χ4n) is 1.42. The normalized spacial score (nSPS) is 12.1. The number of ketones is 1. The lowest BCUT2D eigenvalue weighted by atomic mass is 10.1. The van der Waals surface area contributed by atoms with Crippen LogP contribution in [-0.4, -0.2) is 24.7 Å². The van der Waals surface area contributed by atoms with E-state index in [0.717, 1.165) is 12.8 Å². The zero-order valence-corrected chi connectivity index (χ0v) is 9.48. The van der Waals surface area contributed by atoms with Gasteiger partial charge in [0.05, 0.1) is 0 Å². The molecular weight excluding hydrogens is 202 g/mol. The molecule has 1 aromatic rings. The van der Waals surface area contributed by atoms with E-state index in [1.807, 2.05) is 6.07 Å². The molecule has 3 nitrogen and oxygen atoms in total. The Hall–Kier alpha value is -1.48. The molecule has 0 saturated heterocycles. The molecule has 0 fully saturated rings. The third kappa shape index (κ3) is 3.59. The topological polar surface area (TPSA) is 46.2 Å². The van der Waals surface area contributed by atoms with Gasteiger partial charge in [0.25, 0.3) is 0 Å². The zero-order chi connectivity index (χ0) is 11.8. The van der Waals surface area contributed by atoms with Crippen LogP contribution < -0.4 is 5.32 Å². The molecule has 0 radical (unpaired) electrons. The lowest BCUT2D eigenvalue weighted by Crippen LogP contribution is -2.38. The summed E-state index contributed by atoms with van der Waals surface area (Å²) in [4.78, 5) is 22.7. The number of unbranched alkanes of at least 4 members (excludes halogenated alkanes) is 1. The van der Waals surface area contributed by atoms with E-state index in [-0.39, 0.29) is 5.78 Å². The zero-order valence-electron chi connectivity index (χ0n) is 9.48. The number of benzene rings is 1. The van der Waals surface area contributed by atoms with Crippen LogP contribution in [0, 0.1) is 0 Å². The van der Waals surface area contributed by atoms with E-state index in [2.05, 4.69) is 12.2 Å². The highest BCUT2D eigenvalue weighted by atomic mass is 16.1. The van der Waals surface area contributed by atoms with Crippen molar-refractivity contribution >= 4 is 12.1 Å². The number of rotatable bonds is 7. The van der Waals surface area contributed by atoms with E-state index >= 15 is 0 Å². The smallest absolute Gasteiger partial charge is 0.187 e. The van der Waals surface area contributed by atoms with Gasteiger partial charge in [-0.25, -0.2) is 0 Å². The highest BCUT2D eigenvalue weighted by molar-refractivity contribution is 6.08. The minimum atomic E-state index is -0.714. The first-order valence-electron chi connectivity index (χ1n) is 5.57. The van der Waals surface area contributed by atoms with E-state index in [0.29, 0.717) is 18.4 Å². The largest absolute Gasteiger partial charge is 0.301 e. The summed E-state index contributed by atoms with van der Waals surface area (Å²) >= 11 is 0. The molecule has 0 heterocycles. The van der Waals surface area contributed by atoms with Gasteiger partial charge >= 0.3 is 0 Å². The third-order valence-electron chi connectivity index (χ3n) is 2.37. The summed E-state index contributed by atoms with van der Waals surface area (Å²) in [5.74, 6) is -0.160. The molecule has 1 atom stereocenters. The van der Waals surface area contributed by atoms with Gasteiger partial charge in [-0.3, -0.25) is 4.79 Å². The Morgan fingerprint density at radius 2 is 2.06 bits per heavy atom. The van der Waals surface area contributed by atoms with Crippen molar-refractivity contribution in [1.82, 2.24) is 5.32 Å². The van der Waals surface area contributed by atoms with Crippen LogP contribution in [0.2, 0.25) is 0 Å². The van der Waals surface area contributed by atoms with Crippen LogP contribution in [0.25, 0.3) is 0 Å². The number of carbonyl (C=O) groups excluding carboxylic acids is 2. The average molecular weight is 219 g/mol. The number of Topliss-reactive ketones (excluding diaryl/α,β-unsaturated/α-hetero) is 1. The quantitative estimate of drug-likeness (QED) is 0.329. The standard InChI is InChI=1S/C13H17NO2/c1-2-3-9-14-12(10-15)13(16)11-7-5-4-6-8-11/h4-8,10,12,14H,2-3,9H2,1H3. The van der Waals surface area contributed by atoms with Crippen LogP contribution in [0.15, 0.2) is 30.3 Å². The fourth-order valence-corrected chi connectivity index (χ4v) is 1.42. The van der Waals surface area contributed by atoms with Crippen molar-refractivity contribution in [2.75, 3.05) is 6.54 Å². The highest BCUT2D eigenvalue weighted by Gasteiger charge is 2.17. The van der Waals surface area contributed by atoms with E-state index in [9.17, 15) is 9.59 Å². The monoisotopic (exact) mass is 219 g/mol. The Labute approximate surface area is 95.9 Å². The number of hydrogen-bond donors (Lipinski definition) is 1. The number of hydrogen-bond acceptors (Lipinski definition) is 3. The van der Waals surface area contributed by atoms with Crippen molar-refractivity contribution in [3.8, 4) is 0 Å². The van der Waals surface area contributed by atoms with Gasteiger partial charge in [0.15, 0.2) is 5.78 Å². The summed E-state index contributed by atoms with van der Waals surface area (Å²) in [5.41, 5.74) is 0.573. The Morgan fingerprint density at radius 3 is 2.62 bits per heavy atom. The van der Waals surface area contributed by atoms with Crippen LogP contribution in [0.5, 0.6) is 0 Å². The Kier molecular flexibility index (Phi) is 5.43. The van der Waals surface area contributed by atoms with Crippen LogP contribution in [0.1, 0.15) is 30.1 Å². The number of carbonyl (C=O) groups is 2. The maximum absolute atomic E-state index is 11.9. The Bertz CT molecular complexity index is 335. The summed E-state index contributed by atoms with van der Waals surface area (Å²) in [7, 11) is 0. The Balaban J connectivity index is 2.59. The van der Waals surface area contributed by atoms with Crippen LogP contribution in [-0.2, 0) is 4.79 Å². The predicted molar refractivity (Wildman–Crippen MR) is 63.5 cm³/mol. The summed E-state index contributed by atoms with van der Waals surface area (Å²) in [6.07, 6.45) is 2.68. The van der Waals surface area contributed by atoms with E-state index < -0.39 is 6.04 Å². The second-order valence-corrected chi connectivity index (χ2v) is 3.65. The van der Waals surface area contributed by atoms with Crippen LogP contribution in [0.3, 0.4) is 0 Å². The van der Waals surface area contributed by atoms with Gasteiger partial charge < -0.3 is 10.1 Å². The first-order valence-corrected chi connectivity index (χ1v) is 5.57. The minimum Gasteiger partial charge on any atom is -0.301 e. The lowest BCUT2D eigenvalue weighted by Gasteiger charge is -2.10. The van der Waals surface area contributed by atoms with Crippen molar-refractivity contribution in [2.24, 2.45) is 0 Å². The molecule has 3 heteroatoms. The summed E-state index contributed by atoms with van der Waals surface area (Å²) < 4.78 is 0. The minimum absolute atomic E-state index is 0.160. The van der Waals surface area contributed by atoms with Crippen molar-refractivity contribution in [1.29, 1.82) is 0 Å². The van der Waals surface area contributed by atoms with Gasteiger partial charge in [0.2, 0.25) is 0 Å². The molecule has 1 rings (SSSR count). The van der Waals surface area contributed by atoms with E-state index in [1.165, 1.54) is 0 Å². The molecule has 0 aliphatic heterocycles. The number of aldehydes is 1. The number of nitrogens with one attached hydrogen (secondary N) is 1. The molecule has 1 unspecified atom stereocenters.